The summed E-state index contributed by atoms with van der Waals surface area (Å²) < 4.78 is 27.0. The lowest BCUT2D eigenvalue weighted by Gasteiger charge is -2.14. The molecule has 9 heteroatoms. The van der Waals surface area contributed by atoms with E-state index in [0.717, 1.165) is 11.8 Å². The Labute approximate surface area is 171 Å². The largest absolute Gasteiger partial charge is 0.272 e. The molecule has 0 aliphatic heterocycles. The summed E-state index contributed by atoms with van der Waals surface area (Å²) in [6.07, 6.45) is 2.41. The van der Waals surface area contributed by atoms with Gasteiger partial charge in [0.2, 0.25) is 0 Å². The fourth-order valence-electron chi connectivity index (χ4n) is 2.10. The fourth-order valence-corrected chi connectivity index (χ4v) is 3.07. The number of carbonyl (C=O) groups is 2. The highest BCUT2D eigenvalue weighted by atomic mass is 32.2. The lowest BCUT2D eigenvalue weighted by molar-refractivity contribution is -0.120. The van der Waals surface area contributed by atoms with Gasteiger partial charge in [0.25, 0.3) is 11.8 Å². The summed E-state index contributed by atoms with van der Waals surface area (Å²) in [6.45, 7) is 3.23. The van der Waals surface area contributed by atoms with Crippen LogP contribution in [-0.4, -0.2) is 34.7 Å². The summed E-state index contributed by atoms with van der Waals surface area (Å²) in [5.41, 5.74) is 5.11. The maximum absolute atomic E-state index is 13.5. The first-order valence-electron chi connectivity index (χ1n) is 8.69. The maximum atomic E-state index is 13.5. The van der Waals surface area contributed by atoms with Crippen molar-refractivity contribution in [2.45, 2.75) is 24.3 Å². The van der Waals surface area contributed by atoms with Crippen LogP contribution in [0.2, 0.25) is 0 Å². The van der Waals surface area contributed by atoms with Gasteiger partial charge in [-0.15, -0.1) is 11.8 Å². The van der Waals surface area contributed by atoms with Crippen LogP contribution in [0, 0.1) is 11.6 Å². The summed E-state index contributed by atoms with van der Waals surface area (Å²) in [5.74, 6) is -1.77. The number of nitrogens with one attached hydrogen (secondary N) is 2. The van der Waals surface area contributed by atoms with Crippen molar-refractivity contribution in [2.24, 2.45) is 10.2 Å². The Morgan fingerprint density at radius 3 is 1.59 bits per heavy atom. The highest BCUT2D eigenvalue weighted by molar-refractivity contribution is 8.01. The van der Waals surface area contributed by atoms with E-state index in [0.29, 0.717) is 0 Å². The highest BCUT2D eigenvalue weighted by Crippen LogP contribution is 2.17. The molecule has 0 aromatic heterocycles. The van der Waals surface area contributed by atoms with Crippen LogP contribution in [0.1, 0.15) is 25.0 Å². The lowest BCUT2D eigenvalue weighted by atomic mass is 10.2. The van der Waals surface area contributed by atoms with E-state index in [1.165, 1.54) is 36.7 Å². The molecular formula is C20H20F2N4O2S. The second kappa shape index (κ2) is 11.1. The molecule has 0 radical (unpaired) electrons. The molecule has 0 bridgehead atoms. The summed E-state index contributed by atoms with van der Waals surface area (Å²) in [7, 11) is 0. The van der Waals surface area contributed by atoms with Crippen LogP contribution in [0.25, 0.3) is 0 Å². The maximum Gasteiger partial charge on any atom is 0.252 e. The number of rotatable bonds is 8. The number of hydrogen-bond donors (Lipinski definition) is 2. The van der Waals surface area contributed by atoms with E-state index in [2.05, 4.69) is 21.1 Å². The van der Waals surface area contributed by atoms with Crippen LogP contribution < -0.4 is 10.9 Å². The van der Waals surface area contributed by atoms with Gasteiger partial charge >= 0.3 is 0 Å². The van der Waals surface area contributed by atoms with Crippen molar-refractivity contribution in [3.63, 3.8) is 0 Å². The first-order valence-corrected chi connectivity index (χ1v) is 9.63. The standard InChI is InChI=1S/C20H20F2N4O2S/c1-13(19(27)25-23-11-15-7-3-5-9-17(15)21)29-14(2)20(28)26-24-12-16-8-4-6-10-18(16)22/h3-14H,1-2H3,(H,25,27)(H,26,28). The minimum absolute atomic E-state index is 0.244. The Balaban J connectivity index is 1.80. The molecule has 29 heavy (non-hydrogen) atoms. The Bertz CT molecular complexity index is 847. The van der Waals surface area contributed by atoms with Gasteiger partial charge in [0.15, 0.2) is 0 Å². The number of thioether (sulfide) groups is 1. The molecule has 2 rings (SSSR count). The average Bonchev–Trinajstić information content (AvgIpc) is 2.70. The quantitative estimate of drug-likeness (QED) is 0.511. The van der Waals surface area contributed by atoms with Crippen LogP contribution in [-0.2, 0) is 9.59 Å². The monoisotopic (exact) mass is 418 g/mol. The SMILES string of the molecule is CC(SC(C)C(=O)NN=Cc1ccccc1F)C(=O)NN=Cc1ccccc1F. The Morgan fingerprint density at radius 1 is 0.828 bits per heavy atom. The zero-order valence-corrected chi connectivity index (χ0v) is 16.6. The number of carbonyl (C=O) groups excluding carboxylic acids is 2. The molecular weight excluding hydrogens is 398 g/mol. The summed E-state index contributed by atoms with van der Waals surface area (Å²) in [6, 6.07) is 12.0. The molecule has 0 heterocycles. The number of amides is 2. The molecule has 0 fully saturated rings. The molecule has 0 saturated carbocycles. The fraction of sp³-hybridized carbons (Fsp3) is 0.200. The average molecular weight is 418 g/mol. The van der Waals surface area contributed by atoms with E-state index >= 15 is 0 Å². The molecule has 2 N–H and O–H groups in total. The van der Waals surface area contributed by atoms with Crippen LogP contribution in [0.5, 0.6) is 0 Å². The van der Waals surface area contributed by atoms with Crippen molar-refractivity contribution < 1.29 is 18.4 Å². The van der Waals surface area contributed by atoms with E-state index in [1.54, 1.807) is 38.1 Å². The van der Waals surface area contributed by atoms with E-state index in [1.807, 2.05) is 0 Å². The van der Waals surface area contributed by atoms with Gasteiger partial charge in [0.1, 0.15) is 11.6 Å². The topological polar surface area (TPSA) is 82.9 Å². The van der Waals surface area contributed by atoms with Crippen LogP contribution >= 0.6 is 11.8 Å². The molecule has 0 aliphatic rings. The highest BCUT2D eigenvalue weighted by Gasteiger charge is 2.21. The first kappa shape index (κ1) is 22.2. The van der Waals surface area contributed by atoms with Crippen molar-refractivity contribution in [1.82, 2.24) is 10.9 Å². The van der Waals surface area contributed by atoms with Crippen LogP contribution in [0.4, 0.5) is 8.78 Å². The lowest BCUT2D eigenvalue weighted by Crippen LogP contribution is -2.33. The number of benzene rings is 2. The second-order valence-electron chi connectivity index (χ2n) is 5.93. The van der Waals surface area contributed by atoms with Gasteiger partial charge in [-0.05, 0) is 26.0 Å². The Hall–Kier alpha value is -3.07. The second-order valence-corrected chi connectivity index (χ2v) is 7.62. The van der Waals surface area contributed by atoms with Gasteiger partial charge in [0.05, 0.1) is 22.9 Å². The summed E-state index contributed by atoms with van der Waals surface area (Å²) >= 11 is 1.09. The van der Waals surface area contributed by atoms with Gasteiger partial charge in [-0.3, -0.25) is 9.59 Å². The molecule has 152 valence electrons. The van der Waals surface area contributed by atoms with Crippen molar-refractivity contribution >= 4 is 36.0 Å². The molecule has 2 atom stereocenters. The van der Waals surface area contributed by atoms with Crippen LogP contribution in [0.15, 0.2) is 58.7 Å². The van der Waals surface area contributed by atoms with Gasteiger partial charge < -0.3 is 0 Å². The predicted octanol–water partition coefficient (Wildman–Crippen LogP) is 3.08. The molecule has 2 unspecified atom stereocenters. The van der Waals surface area contributed by atoms with Gasteiger partial charge in [-0.1, -0.05) is 36.4 Å². The van der Waals surface area contributed by atoms with E-state index in [-0.39, 0.29) is 11.1 Å². The molecule has 2 amide bonds. The minimum atomic E-state index is -0.593. The normalized spacial score (nSPS) is 13.4. The zero-order valence-electron chi connectivity index (χ0n) is 15.8. The third-order valence-electron chi connectivity index (χ3n) is 3.71. The van der Waals surface area contributed by atoms with E-state index in [4.69, 9.17) is 0 Å². The zero-order chi connectivity index (χ0) is 21.2. The van der Waals surface area contributed by atoms with Crippen molar-refractivity contribution in [2.75, 3.05) is 0 Å². The summed E-state index contributed by atoms with van der Waals surface area (Å²) in [5, 5.41) is 6.27. The van der Waals surface area contributed by atoms with Crippen molar-refractivity contribution in [1.29, 1.82) is 0 Å². The third kappa shape index (κ3) is 7.11. The van der Waals surface area contributed by atoms with E-state index in [9.17, 15) is 18.4 Å². The van der Waals surface area contributed by atoms with Gasteiger partial charge in [-0.2, -0.15) is 10.2 Å². The smallest absolute Gasteiger partial charge is 0.252 e. The number of hydrazone groups is 2. The predicted molar refractivity (Wildman–Crippen MR) is 111 cm³/mol. The number of nitrogens with zero attached hydrogens (tertiary/aromatic N) is 2. The van der Waals surface area contributed by atoms with Gasteiger partial charge in [0, 0.05) is 11.1 Å². The first-order chi connectivity index (χ1) is 13.9. The molecule has 0 spiro atoms. The summed E-state index contributed by atoms with van der Waals surface area (Å²) in [4.78, 5) is 24.1. The Morgan fingerprint density at radius 2 is 1.21 bits per heavy atom. The molecule has 0 saturated heterocycles. The minimum Gasteiger partial charge on any atom is -0.272 e. The van der Waals surface area contributed by atoms with E-state index < -0.39 is 33.9 Å². The van der Waals surface area contributed by atoms with Crippen molar-refractivity contribution in [3.05, 3.63) is 71.3 Å². The third-order valence-corrected chi connectivity index (χ3v) is 4.96. The van der Waals surface area contributed by atoms with Crippen LogP contribution in [0.3, 0.4) is 0 Å². The molecule has 2 aromatic rings. The number of halogens is 2. The molecule has 6 nitrogen and oxygen atoms in total. The van der Waals surface area contributed by atoms with Gasteiger partial charge in [-0.25, -0.2) is 19.6 Å². The molecule has 0 aliphatic carbocycles. The van der Waals surface area contributed by atoms with Crippen molar-refractivity contribution in [3.8, 4) is 0 Å². The molecule has 2 aromatic carbocycles. The number of hydrogen-bond acceptors (Lipinski definition) is 5. The Kier molecular flexibility index (Phi) is 8.47.